The second-order valence-corrected chi connectivity index (χ2v) is 6.52. The summed E-state index contributed by atoms with van der Waals surface area (Å²) < 4.78 is 0. The van der Waals surface area contributed by atoms with E-state index in [9.17, 15) is 4.79 Å². The Kier molecular flexibility index (Phi) is 4.74. The lowest BCUT2D eigenvalue weighted by atomic mass is 10.2. The van der Waals surface area contributed by atoms with Crippen molar-refractivity contribution in [2.75, 3.05) is 5.32 Å². The molecule has 2 rings (SSSR count). The standard InChI is InChI=1S/C13H8Cl3N3OS/c1-5-6(2)21-13(7(5)3-17)19-12(20)11-10(16)9(15)8(14)4-18-11/h4H,1-2H3,(H,19,20). The minimum Gasteiger partial charge on any atom is -0.311 e. The molecule has 2 aromatic heterocycles. The Morgan fingerprint density at radius 1 is 1.33 bits per heavy atom. The van der Waals surface area contributed by atoms with Gasteiger partial charge in [0.2, 0.25) is 0 Å². The van der Waals surface area contributed by atoms with E-state index < -0.39 is 5.91 Å². The third-order valence-corrected chi connectivity index (χ3v) is 5.22. The number of nitrogens with zero attached hydrogens (tertiary/aromatic N) is 2. The summed E-state index contributed by atoms with van der Waals surface area (Å²) in [5.41, 5.74) is 1.23. The first kappa shape index (κ1) is 16.1. The van der Waals surface area contributed by atoms with E-state index in [2.05, 4.69) is 16.4 Å². The summed E-state index contributed by atoms with van der Waals surface area (Å²) in [6.45, 7) is 3.70. The van der Waals surface area contributed by atoms with Gasteiger partial charge in [-0.15, -0.1) is 11.3 Å². The summed E-state index contributed by atoms with van der Waals surface area (Å²) in [6, 6.07) is 2.07. The Morgan fingerprint density at radius 2 is 2.00 bits per heavy atom. The fourth-order valence-corrected chi connectivity index (χ4v) is 3.19. The summed E-state index contributed by atoms with van der Waals surface area (Å²) in [7, 11) is 0. The van der Waals surface area contributed by atoms with Gasteiger partial charge in [0.1, 0.15) is 16.8 Å². The van der Waals surface area contributed by atoms with Crippen LogP contribution < -0.4 is 5.32 Å². The van der Waals surface area contributed by atoms with E-state index in [0.29, 0.717) is 10.6 Å². The number of halogens is 3. The Balaban J connectivity index is 2.38. The molecule has 2 aromatic rings. The molecule has 0 bridgehead atoms. The van der Waals surface area contributed by atoms with Gasteiger partial charge in [-0.05, 0) is 19.4 Å². The molecule has 4 nitrogen and oxygen atoms in total. The molecule has 0 aromatic carbocycles. The lowest BCUT2D eigenvalue weighted by Gasteiger charge is -2.06. The van der Waals surface area contributed by atoms with Gasteiger partial charge in [0, 0.05) is 11.1 Å². The van der Waals surface area contributed by atoms with Crippen molar-refractivity contribution < 1.29 is 4.79 Å². The fraction of sp³-hybridized carbons (Fsp3) is 0.154. The summed E-state index contributed by atoms with van der Waals surface area (Å²) in [6.07, 6.45) is 1.25. The van der Waals surface area contributed by atoms with Crippen molar-refractivity contribution in [1.29, 1.82) is 5.26 Å². The number of aromatic nitrogens is 1. The molecule has 1 N–H and O–H groups in total. The van der Waals surface area contributed by atoms with E-state index >= 15 is 0 Å². The van der Waals surface area contributed by atoms with E-state index in [-0.39, 0.29) is 20.8 Å². The lowest BCUT2D eigenvalue weighted by molar-refractivity contribution is 0.102. The summed E-state index contributed by atoms with van der Waals surface area (Å²) in [5, 5.41) is 12.5. The highest BCUT2D eigenvalue weighted by atomic mass is 35.5. The molecule has 0 aliphatic heterocycles. The number of hydrogen-bond donors (Lipinski definition) is 1. The molecule has 2 heterocycles. The zero-order valence-corrected chi connectivity index (χ0v) is 14.0. The minimum atomic E-state index is -0.545. The molecule has 0 saturated heterocycles. The predicted octanol–water partition coefficient (Wildman–Crippen LogP) is 4.84. The number of anilines is 1. The summed E-state index contributed by atoms with van der Waals surface area (Å²) in [5.74, 6) is -0.545. The van der Waals surface area contributed by atoms with E-state index in [0.717, 1.165) is 10.4 Å². The second kappa shape index (κ2) is 6.20. The lowest BCUT2D eigenvalue weighted by Crippen LogP contribution is -2.14. The van der Waals surface area contributed by atoms with Crippen LogP contribution in [-0.2, 0) is 0 Å². The number of amides is 1. The van der Waals surface area contributed by atoms with Crippen LogP contribution in [0.25, 0.3) is 0 Å². The quantitative estimate of drug-likeness (QED) is 0.833. The second-order valence-electron chi connectivity index (χ2n) is 4.14. The number of nitrogens with one attached hydrogen (secondary N) is 1. The number of thiophene rings is 1. The van der Waals surface area contributed by atoms with Gasteiger partial charge in [0.25, 0.3) is 5.91 Å². The molecule has 0 aliphatic rings. The van der Waals surface area contributed by atoms with Crippen LogP contribution in [0.2, 0.25) is 15.1 Å². The van der Waals surface area contributed by atoms with Gasteiger partial charge in [0.15, 0.2) is 0 Å². The van der Waals surface area contributed by atoms with Crippen LogP contribution in [-0.4, -0.2) is 10.9 Å². The Labute approximate surface area is 140 Å². The number of aryl methyl sites for hydroxylation is 1. The summed E-state index contributed by atoms with van der Waals surface area (Å²) in [4.78, 5) is 17.1. The molecular formula is C13H8Cl3N3OS. The first-order valence-electron chi connectivity index (χ1n) is 5.67. The molecular weight excluding hydrogens is 353 g/mol. The number of carbonyl (C=O) groups is 1. The molecule has 0 fully saturated rings. The normalized spacial score (nSPS) is 10.3. The maximum Gasteiger partial charge on any atom is 0.276 e. The zero-order valence-electron chi connectivity index (χ0n) is 10.9. The van der Waals surface area contributed by atoms with Crippen LogP contribution in [0.5, 0.6) is 0 Å². The maximum absolute atomic E-state index is 12.2. The van der Waals surface area contributed by atoms with Crippen molar-refractivity contribution in [3.63, 3.8) is 0 Å². The molecule has 1 amide bonds. The fourth-order valence-electron chi connectivity index (χ4n) is 1.61. The van der Waals surface area contributed by atoms with Gasteiger partial charge in [-0.2, -0.15) is 5.26 Å². The first-order chi connectivity index (χ1) is 9.86. The minimum absolute atomic E-state index is 0.0230. The Hall–Kier alpha value is -1.32. The molecule has 0 saturated carbocycles. The van der Waals surface area contributed by atoms with Crippen molar-refractivity contribution >= 4 is 57.0 Å². The number of rotatable bonds is 2. The van der Waals surface area contributed by atoms with Crippen molar-refractivity contribution in [2.24, 2.45) is 0 Å². The average molecular weight is 361 g/mol. The van der Waals surface area contributed by atoms with Gasteiger partial charge >= 0.3 is 0 Å². The van der Waals surface area contributed by atoms with E-state index in [1.54, 1.807) is 0 Å². The van der Waals surface area contributed by atoms with Crippen molar-refractivity contribution in [1.82, 2.24) is 4.98 Å². The van der Waals surface area contributed by atoms with Crippen LogP contribution in [0, 0.1) is 25.2 Å². The van der Waals surface area contributed by atoms with E-state index in [1.807, 2.05) is 13.8 Å². The van der Waals surface area contributed by atoms with Gasteiger partial charge in [-0.1, -0.05) is 34.8 Å². The van der Waals surface area contributed by atoms with Gasteiger partial charge < -0.3 is 5.32 Å². The van der Waals surface area contributed by atoms with Gasteiger partial charge in [-0.25, -0.2) is 4.98 Å². The molecule has 0 spiro atoms. The highest BCUT2D eigenvalue weighted by Gasteiger charge is 2.20. The molecule has 108 valence electrons. The van der Waals surface area contributed by atoms with E-state index in [1.165, 1.54) is 17.5 Å². The largest absolute Gasteiger partial charge is 0.311 e. The van der Waals surface area contributed by atoms with Crippen LogP contribution in [0.4, 0.5) is 5.00 Å². The van der Waals surface area contributed by atoms with E-state index in [4.69, 9.17) is 40.1 Å². The molecule has 21 heavy (non-hydrogen) atoms. The van der Waals surface area contributed by atoms with Crippen LogP contribution >= 0.6 is 46.1 Å². The van der Waals surface area contributed by atoms with Crippen molar-refractivity contribution in [3.8, 4) is 6.07 Å². The number of carbonyl (C=O) groups excluding carboxylic acids is 1. The van der Waals surface area contributed by atoms with Crippen molar-refractivity contribution in [2.45, 2.75) is 13.8 Å². The monoisotopic (exact) mass is 359 g/mol. The number of nitriles is 1. The van der Waals surface area contributed by atoms with Crippen molar-refractivity contribution in [3.05, 3.63) is 43.0 Å². The molecule has 0 aliphatic carbocycles. The molecule has 0 radical (unpaired) electrons. The van der Waals surface area contributed by atoms with Crippen LogP contribution in [0.15, 0.2) is 6.20 Å². The third kappa shape index (κ3) is 2.99. The van der Waals surface area contributed by atoms with Crippen LogP contribution in [0.1, 0.15) is 26.5 Å². The van der Waals surface area contributed by atoms with Gasteiger partial charge in [0.05, 0.1) is 20.6 Å². The average Bonchev–Trinajstić information content (AvgIpc) is 2.70. The topological polar surface area (TPSA) is 65.8 Å². The maximum atomic E-state index is 12.2. The highest BCUT2D eigenvalue weighted by Crippen LogP contribution is 2.34. The Bertz CT molecular complexity index is 780. The molecule has 8 heteroatoms. The van der Waals surface area contributed by atoms with Gasteiger partial charge in [-0.3, -0.25) is 4.79 Å². The smallest absolute Gasteiger partial charge is 0.276 e. The third-order valence-electron chi connectivity index (χ3n) is 2.86. The SMILES string of the molecule is Cc1sc(NC(=O)c2ncc(Cl)c(Cl)c2Cl)c(C#N)c1C. The zero-order chi connectivity index (χ0) is 15.7. The predicted molar refractivity (Wildman–Crippen MR) is 85.7 cm³/mol. The Morgan fingerprint density at radius 3 is 2.62 bits per heavy atom. The number of hydrogen-bond acceptors (Lipinski definition) is 4. The highest BCUT2D eigenvalue weighted by molar-refractivity contribution is 7.16. The first-order valence-corrected chi connectivity index (χ1v) is 7.62. The molecule has 0 atom stereocenters. The summed E-state index contributed by atoms with van der Waals surface area (Å²) >= 11 is 18.9. The number of pyridine rings is 1. The van der Waals surface area contributed by atoms with Crippen LogP contribution in [0.3, 0.4) is 0 Å². The molecule has 0 unspecified atom stereocenters.